The summed E-state index contributed by atoms with van der Waals surface area (Å²) < 4.78 is 0. The number of nitrogens with zero attached hydrogens (tertiary/aromatic N) is 2. The Morgan fingerprint density at radius 1 is 1.47 bits per heavy atom. The summed E-state index contributed by atoms with van der Waals surface area (Å²) in [5.41, 5.74) is 0. The van der Waals surface area contributed by atoms with Gasteiger partial charge in [0, 0.05) is 20.6 Å². The van der Waals surface area contributed by atoms with Crippen LogP contribution in [0, 0.1) is 11.8 Å². The predicted molar refractivity (Wildman–Crippen MR) is 74.3 cm³/mol. The van der Waals surface area contributed by atoms with Crippen molar-refractivity contribution in [2.24, 2.45) is 11.8 Å². The molecule has 94 valence electrons. The normalized spacial score (nSPS) is 22.4. The van der Waals surface area contributed by atoms with Crippen molar-refractivity contribution >= 4 is 34.8 Å². The molecule has 17 heavy (non-hydrogen) atoms. The van der Waals surface area contributed by atoms with Crippen molar-refractivity contribution in [3.05, 3.63) is 16.1 Å². The molecule has 0 spiro atoms. The number of hydrogen-bond donors (Lipinski definition) is 1. The fraction of sp³-hybridized carbons (Fsp3) is 0.583. The molecule has 1 N–H and O–H groups in total. The molecule has 1 aromatic rings. The van der Waals surface area contributed by atoms with Gasteiger partial charge in [0.2, 0.25) is 0 Å². The molecule has 1 fully saturated rings. The molecule has 0 radical (unpaired) electrons. The third-order valence-corrected chi connectivity index (χ3v) is 3.86. The van der Waals surface area contributed by atoms with Gasteiger partial charge in [-0.1, -0.05) is 30.1 Å². The first-order valence-corrected chi connectivity index (χ1v) is 6.53. The van der Waals surface area contributed by atoms with E-state index >= 15 is 0 Å². The Kier molecular flexibility index (Phi) is 3.69. The Hall–Kier alpha value is -0.670. The van der Waals surface area contributed by atoms with Crippen LogP contribution >= 0.6 is 23.2 Å². The zero-order valence-corrected chi connectivity index (χ0v) is 11.8. The molecular weight excluding hydrogens is 257 g/mol. The van der Waals surface area contributed by atoms with E-state index in [0.29, 0.717) is 15.9 Å². The molecule has 0 aliphatic heterocycles. The molecule has 1 aromatic heterocycles. The number of aromatic nitrogens is 1. The van der Waals surface area contributed by atoms with Crippen LogP contribution in [0.25, 0.3) is 0 Å². The molecule has 1 saturated carbocycles. The van der Waals surface area contributed by atoms with E-state index in [0.717, 1.165) is 24.2 Å². The highest BCUT2D eigenvalue weighted by Crippen LogP contribution is 2.39. The maximum atomic E-state index is 6.18. The van der Waals surface area contributed by atoms with E-state index in [9.17, 15) is 0 Å². The fourth-order valence-corrected chi connectivity index (χ4v) is 2.59. The van der Waals surface area contributed by atoms with E-state index in [1.165, 1.54) is 6.42 Å². The van der Waals surface area contributed by atoms with Crippen LogP contribution in [0.15, 0.2) is 6.07 Å². The zero-order chi connectivity index (χ0) is 12.6. The van der Waals surface area contributed by atoms with Gasteiger partial charge >= 0.3 is 0 Å². The van der Waals surface area contributed by atoms with Crippen LogP contribution in [-0.2, 0) is 0 Å². The van der Waals surface area contributed by atoms with Crippen LogP contribution in [-0.4, -0.2) is 25.6 Å². The van der Waals surface area contributed by atoms with E-state index in [1.807, 2.05) is 7.05 Å². The average molecular weight is 274 g/mol. The van der Waals surface area contributed by atoms with Crippen LogP contribution in [0.5, 0.6) is 0 Å². The minimum atomic E-state index is 0.550. The molecule has 1 heterocycles. The fourth-order valence-electron chi connectivity index (χ4n) is 1.99. The van der Waals surface area contributed by atoms with Crippen molar-refractivity contribution in [3.63, 3.8) is 0 Å². The summed E-state index contributed by atoms with van der Waals surface area (Å²) in [6, 6.07) is 1.74. The molecule has 1 aliphatic rings. The van der Waals surface area contributed by atoms with Crippen LogP contribution in [0.2, 0.25) is 10.0 Å². The summed E-state index contributed by atoms with van der Waals surface area (Å²) in [5.74, 6) is 3.06. The second-order valence-corrected chi connectivity index (χ2v) is 5.54. The number of rotatable bonds is 4. The Morgan fingerprint density at radius 3 is 2.65 bits per heavy atom. The molecular formula is C12H17Cl2N3. The van der Waals surface area contributed by atoms with Gasteiger partial charge in [-0.25, -0.2) is 4.98 Å². The first-order chi connectivity index (χ1) is 8.02. The lowest BCUT2D eigenvalue weighted by molar-refractivity contribution is 0.720. The van der Waals surface area contributed by atoms with Gasteiger partial charge in [0.15, 0.2) is 0 Å². The molecule has 3 nitrogen and oxygen atoms in total. The summed E-state index contributed by atoms with van der Waals surface area (Å²) in [6.45, 7) is 3.27. The van der Waals surface area contributed by atoms with Gasteiger partial charge < -0.3 is 10.2 Å². The SMILES string of the molecule is CNc1nc(N(C)CC2CC2C)c(Cl)cc1Cl. The van der Waals surface area contributed by atoms with Crippen LogP contribution in [0.4, 0.5) is 11.6 Å². The molecule has 0 bridgehead atoms. The lowest BCUT2D eigenvalue weighted by atomic mass is 10.3. The van der Waals surface area contributed by atoms with E-state index in [-0.39, 0.29) is 0 Å². The van der Waals surface area contributed by atoms with Crippen LogP contribution < -0.4 is 10.2 Å². The second kappa shape index (κ2) is 4.91. The van der Waals surface area contributed by atoms with Crippen LogP contribution in [0.1, 0.15) is 13.3 Å². The molecule has 2 unspecified atom stereocenters. The number of halogens is 2. The van der Waals surface area contributed by atoms with E-state index in [2.05, 4.69) is 22.1 Å². The summed E-state index contributed by atoms with van der Waals surface area (Å²) in [4.78, 5) is 6.55. The second-order valence-electron chi connectivity index (χ2n) is 4.73. The Morgan fingerprint density at radius 2 is 2.12 bits per heavy atom. The van der Waals surface area contributed by atoms with Crippen molar-refractivity contribution in [2.75, 3.05) is 30.9 Å². The molecule has 0 aromatic carbocycles. The van der Waals surface area contributed by atoms with Gasteiger partial charge in [0.05, 0.1) is 10.0 Å². The first kappa shape index (κ1) is 12.8. The van der Waals surface area contributed by atoms with Crippen molar-refractivity contribution in [1.29, 1.82) is 0 Å². The third kappa shape index (κ3) is 2.78. The van der Waals surface area contributed by atoms with Crippen LogP contribution in [0.3, 0.4) is 0 Å². The molecule has 0 amide bonds. The standard InChI is InChI=1S/C12H17Cl2N3/c1-7-4-8(7)6-17(3)12-10(14)5-9(13)11(15-2)16-12/h5,7-8H,4,6H2,1-3H3,(H,15,16). The number of pyridine rings is 1. The number of hydrogen-bond acceptors (Lipinski definition) is 3. The van der Waals surface area contributed by atoms with Gasteiger partial charge in [-0.15, -0.1) is 0 Å². The average Bonchev–Trinajstić information content (AvgIpc) is 2.94. The maximum Gasteiger partial charge on any atom is 0.149 e. The largest absolute Gasteiger partial charge is 0.372 e. The lowest BCUT2D eigenvalue weighted by Crippen LogP contribution is -2.22. The van der Waals surface area contributed by atoms with Crippen molar-refractivity contribution in [2.45, 2.75) is 13.3 Å². The summed E-state index contributed by atoms with van der Waals surface area (Å²) in [5, 5.41) is 4.12. The number of nitrogens with one attached hydrogen (secondary N) is 1. The summed E-state index contributed by atoms with van der Waals surface area (Å²) in [7, 11) is 3.82. The monoisotopic (exact) mass is 273 g/mol. The zero-order valence-electron chi connectivity index (χ0n) is 10.3. The highest BCUT2D eigenvalue weighted by Gasteiger charge is 2.33. The quantitative estimate of drug-likeness (QED) is 0.910. The Balaban J connectivity index is 2.18. The smallest absolute Gasteiger partial charge is 0.149 e. The highest BCUT2D eigenvalue weighted by atomic mass is 35.5. The van der Waals surface area contributed by atoms with Crippen molar-refractivity contribution < 1.29 is 0 Å². The van der Waals surface area contributed by atoms with Gasteiger partial charge in [0.25, 0.3) is 0 Å². The Labute approximate surface area is 112 Å². The predicted octanol–water partition coefficient (Wildman–Crippen LogP) is 3.52. The minimum Gasteiger partial charge on any atom is -0.372 e. The van der Waals surface area contributed by atoms with Crippen molar-refractivity contribution in [1.82, 2.24) is 4.98 Å². The Bertz CT molecular complexity index is 422. The van der Waals surface area contributed by atoms with E-state index < -0.39 is 0 Å². The topological polar surface area (TPSA) is 28.2 Å². The van der Waals surface area contributed by atoms with Gasteiger partial charge in [-0.2, -0.15) is 0 Å². The number of anilines is 2. The van der Waals surface area contributed by atoms with E-state index in [4.69, 9.17) is 23.2 Å². The minimum absolute atomic E-state index is 0.550. The summed E-state index contributed by atoms with van der Waals surface area (Å²) >= 11 is 12.2. The van der Waals surface area contributed by atoms with Crippen molar-refractivity contribution in [3.8, 4) is 0 Å². The molecule has 1 aliphatic carbocycles. The lowest BCUT2D eigenvalue weighted by Gasteiger charge is -2.20. The molecule has 2 atom stereocenters. The molecule has 2 rings (SSSR count). The van der Waals surface area contributed by atoms with E-state index in [1.54, 1.807) is 13.1 Å². The van der Waals surface area contributed by atoms with Gasteiger partial charge in [0.1, 0.15) is 11.6 Å². The molecule has 5 heteroatoms. The molecule has 0 saturated heterocycles. The summed E-state index contributed by atoms with van der Waals surface area (Å²) in [6.07, 6.45) is 1.30. The first-order valence-electron chi connectivity index (χ1n) is 5.78. The highest BCUT2D eigenvalue weighted by molar-refractivity contribution is 6.37. The third-order valence-electron chi connectivity index (χ3n) is 3.29. The maximum absolute atomic E-state index is 6.18. The van der Waals surface area contributed by atoms with Gasteiger partial charge in [-0.3, -0.25) is 0 Å². The van der Waals surface area contributed by atoms with Gasteiger partial charge in [-0.05, 0) is 24.3 Å².